The zero-order chi connectivity index (χ0) is 13.7. The van der Waals surface area contributed by atoms with E-state index in [0.29, 0.717) is 38.1 Å². The zero-order valence-electron chi connectivity index (χ0n) is 12.1. The number of nitrogens with zero attached hydrogens (tertiary/aromatic N) is 1. The van der Waals surface area contributed by atoms with Crippen molar-refractivity contribution in [2.45, 2.75) is 25.3 Å². The molecule has 19 heavy (non-hydrogen) atoms. The summed E-state index contributed by atoms with van der Waals surface area (Å²) in [5, 5.41) is 3.42. The van der Waals surface area contributed by atoms with E-state index in [-0.39, 0.29) is 11.9 Å². The molecule has 5 nitrogen and oxygen atoms in total. The van der Waals surface area contributed by atoms with Gasteiger partial charge in [-0.2, -0.15) is 0 Å². The number of hydrogen-bond donors (Lipinski definition) is 1. The van der Waals surface area contributed by atoms with E-state index >= 15 is 0 Å². The molecule has 1 saturated heterocycles. The van der Waals surface area contributed by atoms with Crippen LogP contribution < -0.4 is 5.32 Å². The van der Waals surface area contributed by atoms with Gasteiger partial charge in [0.25, 0.3) is 0 Å². The molecular weight excluding hydrogens is 244 g/mol. The second-order valence-electron chi connectivity index (χ2n) is 5.55. The molecule has 0 aromatic rings. The molecular formula is C14H26N2O3. The fraction of sp³-hybridized carbons (Fsp3) is 0.929. The second-order valence-corrected chi connectivity index (χ2v) is 5.55. The van der Waals surface area contributed by atoms with Crippen molar-refractivity contribution in [1.29, 1.82) is 0 Å². The minimum Gasteiger partial charge on any atom is -0.383 e. The van der Waals surface area contributed by atoms with E-state index in [1.807, 2.05) is 4.90 Å². The van der Waals surface area contributed by atoms with Crippen molar-refractivity contribution in [2.75, 3.05) is 47.1 Å². The molecule has 0 bridgehead atoms. The van der Waals surface area contributed by atoms with Crippen molar-refractivity contribution in [3.05, 3.63) is 0 Å². The first-order valence-electron chi connectivity index (χ1n) is 7.28. The topological polar surface area (TPSA) is 50.8 Å². The minimum absolute atomic E-state index is 0.0150. The average Bonchev–Trinajstić information content (AvgIpc) is 3.00. The summed E-state index contributed by atoms with van der Waals surface area (Å²) in [4.78, 5) is 14.5. The summed E-state index contributed by atoms with van der Waals surface area (Å²) in [6.45, 7) is 3.46. The Kier molecular flexibility index (Phi) is 5.60. The highest BCUT2D eigenvalue weighted by atomic mass is 16.5. The predicted molar refractivity (Wildman–Crippen MR) is 73.0 cm³/mol. The van der Waals surface area contributed by atoms with Crippen LogP contribution in [-0.4, -0.2) is 63.9 Å². The Morgan fingerprint density at radius 1 is 1.21 bits per heavy atom. The van der Waals surface area contributed by atoms with Gasteiger partial charge < -0.3 is 19.7 Å². The SMILES string of the molecule is COCCN(CCOC)C(=O)C1NCC2CCCC21. The first-order valence-corrected chi connectivity index (χ1v) is 7.28. The molecule has 1 aliphatic heterocycles. The lowest BCUT2D eigenvalue weighted by atomic mass is 9.93. The van der Waals surface area contributed by atoms with Crippen LogP contribution in [-0.2, 0) is 14.3 Å². The Morgan fingerprint density at radius 3 is 2.53 bits per heavy atom. The van der Waals surface area contributed by atoms with Crippen molar-refractivity contribution < 1.29 is 14.3 Å². The molecule has 1 heterocycles. The van der Waals surface area contributed by atoms with Gasteiger partial charge in [0, 0.05) is 27.3 Å². The van der Waals surface area contributed by atoms with Crippen LogP contribution in [0.4, 0.5) is 0 Å². The fourth-order valence-electron chi connectivity index (χ4n) is 3.39. The van der Waals surface area contributed by atoms with Gasteiger partial charge in [-0.05, 0) is 31.2 Å². The molecule has 1 amide bonds. The number of nitrogens with one attached hydrogen (secondary N) is 1. The molecule has 1 aliphatic carbocycles. The Bertz CT molecular complexity index is 290. The number of ether oxygens (including phenoxy) is 2. The molecule has 2 aliphatic rings. The molecule has 3 atom stereocenters. The van der Waals surface area contributed by atoms with Gasteiger partial charge in [-0.1, -0.05) is 6.42 Å². The predicted octanol–water partition coefficient (Wildman–Crippen LogP) is 0.496. The molecule has 1 N–H and O–H groups in total. The number of carbonyl (C=O) groups is 1. The lowest BCUT2D eigenvalue weighted by molar-refractivity contribution is -0.135. The molecule has 1 saturated carbocycles. The summed E-state index contributed by atoms with van der Waals surface area (Å²) in [6, 6.07) is 0.0150. The normalized spacial score (nSPS) is 29.5. The van der Waals surface area contributed by atoms with Crippen LogP contribution in [0.2, 0.25) is 0 Å². The quantitative estimate of drug-likeness (QED) is 0.732. The van der Waals surface area contributed by atoms with E-state index < -0.39 is 0 Å². The first-order chi connectivity index (χ1) is 9.27. The van der Waals surface area contributed by atoms with Gasteiger partial charge in [-0.15, -0.1) is 0 Å². The maximum atomic E-state index is 12.7. The van der Waals surface area contributed by atoms with Crippen molar-refractivity contribution in [2.24, 2.45) is 11.8 Å². The summed E-state index contributed by atoms with van der Waals surface area (Å²) in [7, 11) is 3.33. The third-order valence-corrected chi connectivity index (χ3v) is 4.45. The molecule has 0 spiro atoms. The first kappa shape index (κ1) is 14.8. The third-order valence-electron chi connectivity index (χ3n) is 4.45. The average molecular weight is 270 g/mol. The monoisotopic (exact) mass is 270 g/mol. The number of fused-ring (bicyclic) bond motifs is 1. The van der Waals surface area contributed by atoms with Crippen LogP contribution in [0, 0.1) is 11.8 Å². The highest BCUT2D eigenvalue weighted by Crippen LogP contribution is 2.38. The van der Waals surface area contributed by atoms with E-state index in [2.05, 4.69) is 5.32 Å². The molecule has 0 aromatic carbocycles. The zero-order valence-corrected chi connectivity index (χ0v) is 12.1. The second kappa shape index (κ2) is 7.22. The fourth-order valence-corrected chi connectivity index (χ4v) is 3.39. The summed E-state index contributed by atoms with van der Waals surface area (Å²) >= 11 is 0. The largest absolute Gasteiger partial charge is 0.383 e. The van der Waals surface area contributed by atoms with Gasteiger partial charge >= 0.3 is 0 Å². The summed E-state index contributed by atoms with van der Waals surface area (Å²) < 4.78 is 10.2. The van der Waals surface area contributed by atoms with Crippen LogP contribution in [0.15, 0.2) is 0 Å². The van der Waals surface area contributed by atoms with Crippen LogP contribution in [0.1, 0.15) is 19.3 Å². The van der Waals surface area contributed by atoms with E-state index in [1.54, 1.807) is 14.2 Å². The third kappa shape index (κ3) is 3.46. The van der Waals surface area contributed by atoms with Crippen molar-refractivity contribution in [1.82, 2.24) is 10.2 Å². The van der Waals surface area contributed by atoms with E-state index in [4.69, 9.17) is 9.47 Å². The lowest BCUT2D eigenvalue weighted by Crippen LogP contribution is -2.48. The molecule has 3 unspecified atom stereocenters. The van der Waals surface area contributed by atoms with Crippen molar-refractivity contribution in [3.63, 3.8) is 0 Å². The van der Waals surface area contributed by atoms with Crippen LogP contribution in [0.5, 0.6) is 0 Å². The highest BCUT2D eigenvalue weighted by Gasteiger charge is 2.43. The lowest BCUT2D eigenvalue weighted by Gasteiger charge is -2.27. The van der Waals surface area contributed by atoms with E-state index in [0.717, 1.165) is 6.54 Å². The van der Waals surface area contributed by atoms with Gasteiger partial charge in [0.05, 0.1) is 19.3 Å². The summed E-state index contributed by atoms with van der Waals surface area (Å²) in [6.07, 6.45) is 3.74. The molecule has 0 radical (unpaired) electrons. The number of carbonyl (C=O) groups excluding carboxylic acids is 1. The number of amides is 1. The smallest absolute Gasteiger partial charge is 0.240 e. The maximum Gasteiger partial charge on any atom is 0.240 e. The van der Waals surface area contributed by atoms with Crippen molar-refractivity contribution >= 4 is 5.91 Å². The number of rotatable bonds is 7. The molecule has 5 heteroatoms. The molecule has 2 fully saturated rings. The summed E-state index contributed by atoms with van der Waals surface area (Å²) in [5.74, 6) is 1.48. The minimum atomic E-state index is 0.0150. The summed E-state index contributed by atoms with van der Waals surface area (Å²) in [5.41, 5.74) is 0. The Balaban J connectivity index is 1.93. The van der Waals surface area contributed by atoms with E-state index in [9.17, 15) is 4.79 Å². The molecule has 2 rings (SSSR count). The Morgan fingerprint density at radius 2 is 1.89 bits per heavy atom. The van der Waals surface area contributed by atoms with Gasteiger partial charge in [0.1, 0.15) is 0 Å². The standard InChI is InChI=1S/C14H26N2O3/c1-18-8-6-16(7-9-19-2)14(17)13-12-5-3-4-11(12)10-15-13/h11-13,15H,3-10H2,1-2H3. The number of hydrogen-bond acceptors (Lipinski definition) is 4. The maximum absolute atomic E-state index is 12.7. The Hall–Kier alpha value is -0.650. The highest BCUT2D eigenvalue weighted by molar-refractivity contribution is 5.82. The van der Waals surface area contributed by atoms with Crippen LogP contribution >= 0.6 is 0 Å². The van der Waals surface area contributed by atoms with Gasteiger partial charge in [-0.3, -0.25) is 4.79 Å². The molecule has 110 valence electrons. The van der Waals surface area contributed by atoms with Gasteiger partial charge in [-0.25, -0.2) is 0 Å². The number of methoxy groups -OCH3 is 2. The Labute approximate surface area is 115 Å². The molecule has 0 aromatic heterocycles. The van der Waals surface area contributed by atoms with E-state index in [1.165, 1.54) is 19.3 Å². The van der Waals surface area contributed by atoms with Crippen LogP contribution in [0.25, 0.3) is 0 Å². The van der Waals surface area contributed by atoms with Crippen molar-refractivity contribution in [3.8, 4) is 0 Å². The van der Waals surface area contributed by atoms with Gasteiger partial charge in [0.2, 0.25) is 5.91 Å². The van der Waals surface area contributed by atoms with Crippen LogP contribution in [0.3, 0.4) is 0 Å². The van der Waals surface area contributed by atoms with Gasteiger partial charge in [0.15, 0.2) is 0 Å².